The molecule has 2 aromatic heterocycles. The van der Waals surface area contributed by atoms with Crippen LogP contribution < -0.4 is 5.32 Å². The summed E-state index contributed by atoms with van der Waals surface area (Å²) in [6.45, 7) is 4.41. The molecule has 0 aliphatic heterocycles. The molecule has 0 fully saturated rings. The van der Waals surface area contributed by atoms with Gasteiger partial charge in [-0.1, -0.05) is 11.8 Å². The van der Waals surface area contributed by atoms with E-state index in [0.29, 0.717) is 23.0 Å². The zero-order chi connectivity index (χ0) is 21.0. The van der Waals surface area contributed by atoms with E-state index in [1.165, 1.54) is 17.8 Å². The van der Waals surface area contributed by atoms with E-state index in [1.807, 2.05) is 23.6 Å². The lowest BCUT2D eigenvalue weighted by atomic mass is 10.2. The van der Waals surface area contributed by atoms with Gasteiger partial charge < -0.3 is 9.88 Å². The molecule has 0 aliphatic carbocycles. The van der Waals surface area contributed by atoms with Gasteiger partial charge in [0.15, 0.2) is 20.8 Å². The zero-order valence-corrected chi connectivity index (χ0v) is 17.9. The van der Waals surface area contributed by atoms with Gasteiger partial charge in [0, 0.05) is 36.4 Å². The summed E-state index contributed by atoms with van der Waals surface area (Å²) < 4.78 is 25.2. The molecule has 10 heteroatoms. The molecule has 0 unspecified atom stereocenters. The number of aromatic nitrogens is 4. The van der Waals surface area contributed by atoms with E-state index in [1.54, 1.807) is 31.5 Å². The van der Waals surface area contributed by atoms with Crippen molar-refractivity contribution in [3.8, 4) is 11.4 Å². The first-order valence-electron chi connectivity index (χ1n) is 8.86. The molecule has 0 bridgehead atoms. The maximum Gasteiger partial charge on any atom is 0.234 e. The fourth-order valence-corrected chi connectivity index (χ4v) is 4.23. The normalized spacial score (nSPS) is 11.4. The lowest BCUT2D eigenvalue weighted by Crippen LogP contribution is -2.15. The Morgan fingerprint density at radius 2 is 1.90 bits per heavy atom. The fraction of sp³-hybridized carbons (Fsp3) is 0.263. The van der Waals surface area contributed by atoms with Gasteiger partial charge in [-0.25, -0.2) is 8.42 Å². The average Bonchev–Trinajstić information content (AvgIpc) is 3.10. The number of rotatable bonds is 7. The van der Waals surface area contributed by atoms with Crippen LogP contribution in [-0.4, -0.2) is 46.1 Å². The molecule has 0 radical (unpaired) electrons. The van der Waals surface area contributed by atoms with E-state index in [-0.39, 0.29) is 16.6 Å². The number of anilines is 1. The lowest BCUT2D eigenvalue weighted by molar-refractivity contribution is -0.113. The summed E-state index contributed by atoms with van der Waals surface area (Å²) >= 11 is 1.29. The number of nitrogens with one attached hydrogen (secondary N) is 1. The van der Waals surface area contributed by atoms with Crippen LogP contribution in [0.5, 0.6) is 0 Å². The standard InChI is InChI=1S/C19H21N5O3S2/c1-4-24-18(14-7-9-20-10-8-14)22-23-19(24)28-12-17(25)21-16-6-5-15(11-13(16)2)29(3,26)27/h5-11H,4,12H2,1-3H3,(H,21,25). The number of sulfone groups is 1. The number of hydrogen-bond acceptors (Lipinski definition) is 7. The second kappa shape index (κ2) is 8.75. The number of thioether (sulfide) groups is 1. The van der Waals surface area contributed by atoms with Crippen molar-refractivity contribution in [1.82, 2.24) is 19.7 Å². The third kappa shape index (κ3) is 5.01. The highest BCUT2D eigenvalue weighted by atomic mass is 32.2. The third-order valence-electron chi connectivity index (χ3n) is 4.20. The lowest BCUT2D eigenvalue weighted by Gasteiger charge is -2.10. The molecule has 0 saturated carbocycles. The first-order chi connectivity index (χ1) is 13.8. The molecule has 2 heterocycles. The Morgan fingerprint density at radius 3 is 2.52 bits per heavy atom. The van der Waals surface area contributed by atoms with Crippen LogP contribution in [0.1, 0.15) is 12.5 Å². The number of pyridine rings is 1. The van der Waals surface area contributed by atoms with Gasteiger partial charge in [0.1, 0.15) is 0 Å². The Hall–Kier alpha value is -2.72. The number of amides is 1. The van der Waals surface area contributed by atoms with Crippen molar-refractivity contribution < 1.29 is 13.2 Å². The van der Waals surface area contributed by atoms with Gasteiger partial charge in [-0.3, -0.25) is 9.78 Å². The van der Waals surface area contributed by atoms with Gasteiger partial charge in [-0.2, -0.15) is 0 Å². The zero-order valence-electron chi connectivity index (χ0n) is 16.3. The minimum absolute atomic E-state index is 0.155. The van der Waals surface area contributed by atoms with E-state index >= 15 is 0 Å². The number of hydrogen-bond donors (Lipinski definition) is 1. The van der Waals surface area contributed by atoms with Crippen LogP contribution in [0.2, 0.25) is 0 Å². The average molecular weight is 432 g/mol. The molecule has 8 nitrogen and oxygen atoms in total. The Bertz CT molecular complexity index is 1130. The summed E-state index contributed by atoms with van der Waals surface area (Å²) in [5.74, 6) is 0.674. The van der Waals surface area contributed by atoms with Gasteiger partial charge in [-0.05, 0) is 49.7 Å². The van der Waals surface area contributed by atoms with Crippen LogP contribution in [0.15, 0.2) is 52.8 Å². The smallest absolute Gasteiger partial charge is 0.234 e. The van der Waals surface area contributed by atoms with Gasteiger partial charge >= 0.3 is 0 Å². The topological polar surface area (TPSA) is 107 Å². The fourth-order valence-electron chi connectivity index (χ4n) is 2.72. The predicted molar refractivity (Wildman–Crippen MR) is 113 cm³/mol. The number of carbonyl (C=O) groups is 1. The summed E-state index contributed by atoms with van der Waals surface area (Å²) in [6, 6.07) is 8.36. The van der Waals surface area contributed by atoms with Gasteiger partial charge in [-0.15, -0.1) is 10.2 Å². The molecule has 0 atom stereocenters. The molecule has 3 aromatic rings. The van der Waals surface area contributed by atoms with Gasteiger partial charge in [0.2, 0.25) is 5.91 Å². The van der Waals surface area contributed by atoms with Crippen LogP contribution in [0, 0.1) is 6.92 Å². The van der Waals surface area contributed by atoms with E-state index in [9.17, 15) is 13.2 Å². The van der Waals surface area contributed by atoms with Crippen LogP contribution in [0.3, 0.4) is 0 Å². The second-order valence-corrected chi connectivity index (χ2v) is 9.33. The monoisotopic (exact) mass is 431 g/mol. The highest BCUT2D eigenvalue weighted by Gasteiger charge is 2.15. The highest BCUT2D eigenvalue weighted by Crippen LogP contribution is 2.24. The highest BCUT2D eigenvalue weighted by molar-refractivity contribution is 7.99. The van der Waals surface area contributed by atoms with Crippen molar-refractivity contribution >= 4 is 33.2 Å². The maximum atomic E-state index is 12.4. The first-order valence-corrected chi connectivity index (χ1v) is 11.7. The number of carbonyl (C=O) groups excluding carboxylic acids is 1. The Morgan fingerprint density at radius 1 is 1.17 bits per heavy atom. The predicted octanol–water partition coefficient (Wildman–Crippen LogP) is 2.80. The molecule has 152 valence electrons. The van der Waals surface area contributed by atoms with E-state index in [2.05, 4.69) is 20.5 Å². The summed E-state index contributed by atoms with van der Waals surface area (Å²) in [6.07, 6.45) is 4.55. The van der Waals surface area contributed by atoms with Gasteiger partial charge in [0.25, 0.3) is 0 Å². The maximum absolute atomic E-state index is 12.4. The number of aryl methyl sites for hydroxylation is 1. The summed E-state index contributed by atoms with van der Waals surface area (Å²) in [5.41, 5.74) is 2.17. The summed E-state index contributed by atoms with van der Waals surface area (Å²) in [5, 5.41) is 11.9. The summed E-state index contributed by atoms with van der Waals surface area (Å²) in [4.78, 5) is 16.6. The largest absolute Gasteiger partial charge is 0.325 e. The molecule has 29 heavy (non-hydrogen) atoms. The molecule has 1 amide bonds. The minimum Gasteiger partial charge on any atom is -0.325 e. The van der Waals surface area contributed by atoms with Crippen LogP contribution >= 0.6 is 11.8 Å². The van der Waals surface area contributed by atoms with E-state index in [0.717, 1.165) is 17.6 Å². The van der Waals surface area contributed by atoms with Crippen LogP contribution in [0.4, 0.5) is 5.69 Å². The van der Waals surface area contributed by atoms with E-state index in [4.69, 9.17) is 0 Å². The third-order valence-corrected chi connectivity index (χ3v) is 6.28. The Balaban J connectivity index is 1.68. The summed E-state index contributed by atoms with van der Waals surface area (Å²) in [7, 11) is -3.28. The SMILES string of the molecule is CCn1c(SCC(=O)Nc2ccc(S(C)(=O)=O)cc2C)nnc1-c1ccncc1. The molecule has 1 N–H and O–H groups in total. The van der Waals surface area contributed by atoms with Crippen molar-refractivity contribution in [3.63, 3.8) is 0 Å². The van der Waals surface area contributed by atoms with E-state index < -0.39 is 9.84 Å². The van der Waals surface area contributed by atoms with Crippen LogP contribution in [0.25, 0.3) is 11.4 Å². The van der Waals surface area contributed by atoms with Crippen molar-refractivity contribution in [2.45, 2.75) is 30.4 Å². The molecule has 3 rings (SSSR count). The van der Waals surface area contributed by atoms with Crippen molar-refractivity contribution in [1.29, 1.82) is 0 Å². The second-order valence-electron chi connectivity index (χ2n) is 6.37. The quantitative estimate of drug-likeness (QED) is 0.573. The first kappa shape index (κ1) is 21.0. The minimum atomic E-state index is -3.28. The Labute approximate surface area is 173 Å². The molecular weight excluding hydrogens is 410 g/mol. The van der Waals surface area contributed by atoms with Crippen molar-refractivity contribution in [2.24, 2.45) is 0 Å². The number of benzene rings is 1. The Kier molecular flexibility index (Phi) is 6.33. The van der Waals surface area contributed by atoms with Crippen molar-refractivity contribution in [2.75, 3.05) is 17.3 Å². The molecular formula is C19H21N5O3S2. The molecule has 1 aromatic carbocycles. The van der Waals surface area contributed by atoms with Crippen molar-refractivity contribution in [3.05, 3.63) is 48.3 Å². The molecule has 0 spiro atoms. The van der Waals surface area contributed by atoms with Crippen LogP contribution in [-0.2, 0) is 21.2 Å². The molecule has 0 saturated heterocycles. The van der Waals surface area contributed by atoms with Gasteiger partial charge in [0.05, 0.1) is 10.6 Å². The molecule has 0 aliphatic rings. The number of nitrogens with zero attached hydrogens (tertiary/aromatic N) is 4.